The third kappa shape index (κ3) is 2.02. The molecule has 0 heterocycles. The molecular weight excluding hydrogens is 208 g/mol. The summed E-state index contributed by atoms with van der Waals surface area (Å²) in [7, 11) is 2.74. The van der Waals surface area contributed by atoms with E-state index in [1.54, 1.807) is 31.2 Å². The van der Waals surface area contributed by atoms with Crippen LogP contribution >= 0.6 is 0 Å². The van der Waals surface area contributed by atoms with Crippen molar-refractivity contribution >= 4 is 5.97 Å². The second kappa shape index (κ2) is 4.99. The van der Waals surface area contributed by atoms with Crippen LogP contribution in [-0.4, -0.2) is 25.3 Å². The Kier molecular flexibility index (Phi) is 3.90. The number of ether oxygens (including phenoxy) is 2. The number of carbonyl (C=O) groups excluding carboxylic acids is 1. The van der Waals surface area contributed by atoms with E-state index in [0.717, 1.165) is 0 Å². The van der Waals surface area contributed by atoms with Crippen molar-refractivity contribution in [1.29, 1.82) is 0 Å². The molecule has 0 spiro atoms. The van der Waals surface area contributed by atoms with Gasteiger partial charge in [-0.3, -0.25) is 0 Å². The molecule has 16 heavy (non-hydrogen) atoms. The lowest BCUT2D eigenvalue weighted by Gasteiger charge is -2.25. The highest BCUT2D eigenvalue weighted by atomic mass is 16.5. The molecule has 0 radical (unpaired) electrons. The summed E-state index contributed by atoms with van der Waals surface area (Å²) in [5.74, 6) is -0.211. The van der Waals surface area contributed by atoms with Gasteiger partial charge in [-0.2, -0.15) is 0 Å². The number of esters is 1. The van der Waals surface area contributed by atoms with E-state index in [-0.39, 0.29) is 6.42 Å². The van der Waals surface area contributed by atoms with Crippen molar-refractivity contribution in [2.45, 2.75) is 18.9 Å². The quantitative estimate of drug-likeness (QED) is 0.787. The van der Waals surface area contributed by atoms with Gasteiger partial charge in [0.2, 0.25) is 0 Å². The fraction of sp³-hybridized carbons (Fsp3) is 0.417. The van der Waals surface area contributed by atoms with E-state index in [9.17, 15) is 9.90 Å². The molecule has 0 amide bonds. The van der Waals surface area contributed by atoms with Gasteiger partial charge in [-0.1, -0.05) is 25.1 Å². The number of benzene rings is 1. The van der Waals surface area contributed by atoms with E-state index < -0.39 is 11.6 Å². The third-order valence-corrected chi connectivity index (χ3v) is 2.59. The fourth-order valence-corrected chi connectivity index (χ4v) is 1.60. The van der Waals surface area contributed by atoms with Gasteiger partial charge in [0.1, 0.15) is 5.75 Å². The first-order valence-corrected chi connectivity index (χ1v) is 5.04. The van der Waals surface area contributed by atoms with Crippen molar-refractivity contribution in [1.82, 2.24) is 0 Å². The van der Waals surface area contributed by atoms with E-state index in [0.29, 0.717) is 11.3 Å². The Morgan fingerprint density at radius 2 is 2.00 bits per heavy atom. The number of carbonyl (C=O) groups is 1. The van der Waals surface area contributed by atoms with Gasteiger partial charge in [0, 0.05) is 5.56 Å². The molecule has 0 aliphatic carbocycles. The standard InChI is InChI=1S/C12H16O4/c1-4-12(14,11(13)16-3)9-7-5-6-8-10(9)15-2/h5-8,14H,4H2,1-3H3/t12-/m1/s1. The summed E-state index contributed by atoms with van der Waals surface area (Å²) in [5, 5.41) is 10.3. The van der Waals surface area contributed by atoms with Crippen LogP contribution in [0, 0.1) is 0 Å². The molecule has 0 aliphatic rings. The second-order valence-corrected chi connectivity index (χ2v) is 3.41. The lowest BCUT2D eigenvalue weighted by Crippen LogP contribution is -2.36. The molecule has 0 fully saturated rings. The van der Waals surface area contributed by atoms with Crippen LogP contribution in [0.2, 0.25) is 0 Å². The first-order valence-electron chi connectivity index (χ1n) is 5.04. The number of para-hydroxylation sites is 1. The Balaban J connectivity index is 3.27. The summed E-state index contributed by atoms with van der Waals surface area (Å²) >= 11 is 0. The molecule has 1 atom stereocenters. The molecule has 4 nitrogen and oxygen atoms in total. The maximum absolute atomic E-state index is 11.6. The predicted molar refractivity (Wildman–Crippen MR) is 59.2 cm³/mol. The molecule has 1 aromatic rings. The van der Waals surface area contributed by atoms with Gasteiger partial charge in [0.05, 0.1) is 14.2 Å². The Morgan fingerprint density at radius 1 is 1.38 bits per heavy atom. The lowest BCUT2D eigenvalue weighted by molar-refractivity contribution is -0.164. The molecule has 0 aliphatic heterocycles. The lowest BCUT2D eigenvalue weighted by atomic mass is 9.90. The summed E-state index contributed by atoms with van der Waals surface area (Å²) in [4.78, 5) is 11.6. The molecule has 1 rings (SSSR count). The smallest absolute Gasteiger partial charge is 0.342 e. The fourth-order valence-electron chi connectivity index (χ4n) is 1.60. The molecule has 1 aromatic carbocycles. The molecule has 1 N–H and O–H groups in total. The van der Waals surface area contributed by atoms with E-state index in [1.165, 1.54) is 14.2 Å². The maximum atomic E-state index is 11.6. The molecule has 0 aromatic heterocycles. The minimum atomic E-state index is -1.65. The first kappa shape index (κ1) is 12.5. The van der Waals surface area contributed by atoms with Gasteiger partial charge in [-0.15, -0.1) is 0 Å². The predicted octanol–water partition coefficient (Wildman–Crippen LogP) is 1.47. The van der Waals surface area contributed by atoms with E-state index in [1.807, 2.05) is 0 Å². The van der Waals surface area contributed by atoms with E-state index >= 15 is 0 Å². The van der Waals surface area contributed by atoms with E-state index in [4.69, 9.17) is 4.74 Å². The zero-order valence-corrected chi connectivity index (χ0v) is 9.69. The van der Waals surface area contributed by atoms with Gasteiger partial charge < -0.3 is 14.6 Å². The van der Waals surface area contributed by atoms with Crippen LogP contribution in [0.15, 0.2) is 24.3 Å². The first-order chi connectivity index (χ1) is 7.60. The van der Waals surface area contributed by atoms with Crippen LogP contribution in [-0.2, 0) is 15.1 Å². The van der Waals surface area contributed by atoms with Gasteiger partial charge in [0.25, 0.3) is 0 Å². The third-order valence-electron chi connectivity index (χ3n) is 2.59. The Morgan fingerprint density at radius 3 is 2.50 bits per heavy atom. The van der Waals surface area contributed by atoms with Crippen molar-refractivity contribution in [3.05, 3.63) is 29.8 Å². The Hall–Kier alpha value is -1.55. The highest BCUT2D eigenvalue weighted by Gasteiger charge is 2.39. The Labute approximate surface area is 94.8 Å². The van der Waals surface area contributed by atoms with Gasteiger partial charge >= 0.3 is 5.97 Å². The minimum Gasteiger partial charge on any atom is -0.496 e. The van der Waals surface area contributed by atoms with Crippen molar-refractivity contribution in [2.75, 3.05) is 14.2 Å². The van der Waals surface area contributed by atoms with Crippen LogP contribution in [0.1, 0.15) is 18.9 Å². The zero-order chi connectivity index (χ0) is 12.2. The Bertz CT molecular complexity index is 375. The number of aliphatic hydroxyl groups is 1. The number of methoxy groups -OCH3 is 2. The number of hydrogen-bond acceptors (Lipinski definition) is 4. The highest BCUT2D eigenvalue weighted by molar-refractivity contribution is 5.81. The van der Waals surface area contributed by atoms with Crippen molar-refractivity contribution in [3.63, 3.8) is 0 Å². The maximum Gasteiger partial charge on any atom is 0.342 e. The molecule has 0 saturated heterocycles. The summed E-state index contributed by atoms with van der Waals surface area (Å²) in [6.07, 6.45) is 0.222. The van der Waals surface area contributed by atoms with Gasteiger partial charge in [-0.05, 0) is 12.5 Å². The van der Waals surface area contributed by atoms with Crippen molar-refractivity contribution < 1.29 is 19.4 Å². The normalized spacial score (nSPS) is 14.0. The summed E-state index contributed by atoms with van der Waals surface area (Å²) in [6.45, 7) is 1.71. The molecular formula is C12H16O4. The largest absolute Gasteiger partial charge is 0.496 e. The van der Waals surface area contributed by atoms with Crippen LogP contribution in [0.3, 0.4) is 0 Å². The average molecular weight is 224 g/mol. The molecule has 88 valence electrons. The molecule has 4 heteroatoms. The van der Waals surface area contributed by atoms with Gasteiger partial charge in [-0.25, -0.2) is 4.79 Å². The van der Waals surface area contributed by atoms with Crippen LogP contribution < -0.4 is 4.74 Å². The summed E-state index contributed by atoms with van der Waals surface area (Å²) in [6, 6.07) is 6.86. The van der Waals surface area contributed by atoms with Crippen molar-refractivity contribution in [3.8, 4) is 5.75 Å². The number of rotatable bonds is 4. The average Bonchev–Trinajstić information content (AvgIpc) is 2.36. The van der Waals surface area contributed by atoms with Crippen LogP contribution in [0.4, 0.5) is 0 Å². The summed E-state index contributed by atoms with van der Waals surface area (Å²) in [5.41, 5.74) is -1.23. The number of hydrogen-bond donors (Lipinski definition) is 1. The second-order valence-electron chi connectivity index (χ2n) is 3.41. The summed E-state index contributed by atoms with van der Waals surface area (Å²) < 4.78 is 9.74. The van der Waals surface area contributed by atoms with Gasteiger partial charge in [0.15, 0.2) is 5.60 Å². The monoisotopic (exact) mass is 224 g/mol. The zero-order valence-electron chi connectivity index (χ0n) is 9.69. The topological polar surface area (TPSA) is 55.8 Å². The highest BCUT2D eigenvalue weighted by Crippen LogP contribution is 2.33. The molecule has 0 saturated carbocycles. The van der Waals surface area contributed by atoms with Crippen molar-refractivity contribution in [2.24, 2.45) is 0 Å². The van der Waals surface area contributed by atoms with E-state index in [2.05, 4.69) is 4.74 Å². The molecule has 0 bridgehead atoms. The molecule has 0 unspecified atom stereocenters. The van der Waals surface area contributed by atoms with Crippen LogP contribution in [0.25, 0.3) is 0 Å². The SMILES string of the molecule is CC[C@](O)(C(=O)OC)c1ccccc1OC. The van der Waals surface area contributed by atoms with Crippen LogP contribution in [0.5, 0.6) is 5.75 Å². The minimum absolute atomic E-state index is 0.222.